The number of rotatable bonds is 6. The average molecular weight is 469 g/mol. The molecule has 5 rings (SSSR count). The van der Waals surface area contributed by atoms with Crippen molar-refractivity contribution in [2.24, 2.45) is 0 Å². The molecule has 2 aliphatic heterocycles. The van der Waals surface area contributed by atoms with E-state index in [1.165, 1.54) is 11.2 Å². The van der Waals surface area contributed by atoms with Gasteiger partial charge in [-0.1, -0.05) is 78.9 Å². The first-order chi connectivity index (χ1) is 17.0. The van der Waals surface area contributed by atoms with Crippen LogP contribution in [0.1, 0.15) is 34.5 Å². The molecule has 0 radical (unpaired) electrons. The van der Waals surface area contributed by atoms with E-state index in [-0.39, 0.29) is 5.91 Å². The third-order valence-corrected chi connectivity index (χ3v) is 6.17. The number of hydrogen-bond donors (Lipinski definition) is 1. The second-order valence-corrected chi connectivity index (χ2v) is 8.49. The molecule has 7 nitrogen and oxygen atoms in total. The Morgan fingerprint density at radius 1 is 0.886 bits per heavy atom. The number of nitrogens with one attached hydrogen (secondary N) is 1. The molecular weight excluding hydrogens is 444 g/mol. The topological polar surface area (TPSA) is 84.9 Å². The van der Waals surface area contributed by atoms with Gasteiger partial charge in [0.1, 0.15) is 0 Å². The number of fused-ring (bicyclic) bond motifs is 1. The van der Waals surface area contributed by atoms with Crippen LogP contribution < -0.4 is 5.32 Å². The fraction of sp³-hybridized carbons (Fsp3) is 0.179. The maximum atomic E-state index is 13.5. The lowest BCUT2D eigenvalue weighted by Crippen LogP contribution is -2.75. The van der Waals surface area contributed by atoms with E-state index in [4.69, 9.17) is 9.47 Å². The van der Waals surface area contributed by atoms with Gasteiger partial charge in [0.05, 0.1) is 6.26 Å². The molecule has 1 saturated heterocycles. The van der Waals surface area contributed by atoms with Crippen LogP contribution in [0.2, 0.25) is 0 Å². The number of nitrogens with zero attached hydrogens (tertiary/aromatic N) is 1. The van der Waals surface area contributed by atoms with E-state index in [0.717, 1.165) is 11.1 Å². The number of carbonyl (C=O) groups excluding carboxylic acids is 3. The van der Waals surface area contributed by atoms with Crippen LogP contribution in [-0.4, -0.2) is 41.0 Å². The number of esters is 1. The van der Waals surface area contributed by atoms with E-state index in [0.29, 0.717) is 11.1 Å². The van der Waals surface area contributed by atoms with Gasteiger partial charge in [-0.15, -0.1) is 0 Å². The molecule has 1 N–H and O–H groups in total. The SMILES string of the molecule is CC1=CO[C@@H]2[C@@H](NC(=O)c3ccccc3)C(=O)N2[C@H]1C(=O)OC(c1ccccc1)c1ccccc1. The summed E-state index contributed by atoms with van der Waals surface area (Å²) >= 11 is 0. The van der Waals surface area contributed by atoms with Crippen molar-refractivity contribution >= 4 is 17.8 Å². The summed E-state index contributed by atoms with van der Waals surface area (Å²) in [5, 5.41) is 2.71. The predicted molar refractivity (Wildman–Crippen MR) is 128 cm³/mol. The van der Waals surface area contributed by atoms with Crippen molar-refractivity contribution in [1.29, 1.82) is 0 Å². The van der Waals surface area contributed by atoms with Gasteiger partial charge in [-0.3, -0.25) is 14.5 Å². The lowest BCUT2D eigenvalue weighted by Gasteiger charge is -2.51. The molecule has 3 atom stereocenters. The Hall–Kier alpha value is -4.39. The first-order valence-corrected chi connectivity index (χ1v) is 11.3. The fourth-order valence-electron chi connectivity index (χ4n) is 4.38. The first kappa shape index (κ1) is 22.4. The summed E-state index contributed by atoms with van der Waals surface area (Å²) in [5.41, 5.74) is 2.62. The molecule has 0 saturated carbocycles. The van der Waals surface area contributed by atoms with Crippen molar-refractivity contribution in [3.05, 3.63) is 120 Å². The number of carbonyl (C=O) groups is 3. The van der Waals surface area contributed by atoms with Crippen LogP contribution in [-0.2, 0) is 19.1 Å². The van der Waals surface area contributed by atoms with Gasteiger partial charge < -0.3 is 14.8 Å². The molecule has 1 fully saturated rings. The number of ether oxygens (including phenoxy) is 2. The Morgan fingerprint density at radius 3 is 2.00 bits per heavy atom. The van der Waals surface area contributed by atoms with Crippen molar-refractivity contribution in [3.8, 4) is 0 Å². The Morgan fingerprint density at radius 2 is 1.43 bits per heavy atom. The highest BCUT2D eigenvalue weighted by Gasteiger charge is 2.57. The smallest absolute Gasteiger partial charge is 0.334 e. The zero-order valence-corrected chi connectivity index (χ0v) is 19.0. The fourth-order valence-corrected chi connectivity index (χ4v) is 4.38. The molecule has 3 aromatic carbocycles. The van der Waals surface area contributed by atoms with Gasteiger partial charge in [-0.2, -0.15) is 0 Å². The largest absolute Gasteiger partial charge is 0.475 e. The van der Waals surface area contributed by atoms with Gasteiger partial charge >= 0.3 is 5.97 Å². The Labute approximate surface area is 203 Å². The summed E-state index contributed by atoms with van der Waals surface area (Å²) in [6.07, 6.45) is 0.0357. The number of β-lactam (4-membered cyclic amide) rings is 1. The zero-order valence-electron chi connectivity index (χ0n) is 19.0. The van der Waals surface area contributed by atoms with E-state index in [2.05, 4.69) is 5.32 Å². The Kier molecular flexibility index (Phi) is 6.06. The third-order valence-electron chi connectivity index (χ3n) is 6.17. The summed E-state index contributed by atoms with van der Waals surface area (Å²) in [6.45, 7) is 1.71. The van der Waals surface area contributed by atoms with E-state index in [9.17, 15) is 14.4 Å². The van der Waals surface area contributed by atoms with Crippen LogP contribution >= 0.6 is 0 Å². The molecule has 176 valence electrons. The van der Waals surface area contributed by atoms with Gasteiger partial charge in [0.2, 0.25) is 6.23 Å². The van der Waals surface area contributed by atoms with Crippen LogP contribution in [0.15, 0.2) is 103 Å². The van der Waals surface area contributed by atoms with Gasteiger partial charge in [-0.25, -0.2) is 4.79 Å². The zero-order chi connectivity index (χ0) is 24.4. The normalized spacial score (nSPS) is 20.7. The molecule has 7 heteroatoms. The summed E-state index contributed by atoms with van der Waals surface area (Å²) in [5.74, 6) is -1.35. The Bertz CT molecular complexity index is 1220. The molecule has 2 amide bonds. The molecule has 0 bridgehead atoms. The summed E-state index contributed by atoms with van der Waals surface area (Å²) in [4.78, 5) is 40.4. The monoisotopic (exact) mass is 468 g/mol. The molecule has 0 unspecified atom stereocenters. The van der Waals surface area contributed by atoms with Crippen LogP contribution in [0.4, 0.5) is 0 Å². The maximum Gasteiger partial charge on any atom is 0.334 e. The molecule has 0 aromatic heterocycles. The second kappa shape index (κ2) is 9.46. The van der Waals surface area contributed by atoms with Crippen molar-refractivity contribution in [2.45, 2.75) is 31.3 Å². The van der Waals surface area contributed by atoms with Crippen LogP contribution in [0.3, 0.4) is 0 Å². The highest BCUT2D eigenvalue weighted by Crippen LogP contribution is 2.35. The lowest BCUT2D eigenvalue weighted by molar-refractivity contribution is -0.192. The van der Waals surface area contributed by atoms with Crippen molar-refractivity contribution in [1.82, 2.24) is 10.2 Å². The van der Waals surface area contributed by atoms with Gasteiger partial charge in [0.15, 0.2) is 18.2 Å². The standard InChI is InChI=1S/C28H24N2O5/c1-18-17-34-27-22(29-25(31)21-15-9-4-10-16-21)26(32)30(27)23(18)28(33)35-24(19-11-5-2-6-12-19)20-13-7-3-8-14-20/h2-17,22-24,27H,1H3,(H,29,31)/t22-,23+,27+/m0/s1. The molecule has 0 aliphatic carbocycles. The molecule has 2 heterocycles. The minimum Gasteiger partial charge on any atom is -0.475 e. The maximum absolute atomic E-state index is 13.5. The van der Waals surface area contributed by atoms with E-state index in [1.807, 2.05) is 60.7 Å². The van der Waals surface area contributed by atoms with E-state index < -0.39 is 36.3 Å². The minimum atomic E-state index is -0.943. The number of benzene rings is 3. The van der Waals surface area contributed by atoms with Crippen LogP contribution in [0.25, 0.3) is 0 Å². The minimum absolute atomic E-state index is 0.383. The van der Waals surface area contributed by atoms with Gasteiger partial charge in [0, 0.05) is 5.56 Å². The molecule has 0 spiro atoms. The van der Waals surface area contributed by atoms with Crippen molar-refractivity contribution in [2.75, 3.05) is 0 Å². The molecular formula is C28H24N2O5. The van der Waals surface area contributed by atoms with Gasteiger partial charge in [-0.05, 0) is 35.8 Å². The molecule has 2 aliphatic rings. The predicted octanol–water partition coefficient (Wildman–Crippen LogP) is 3.59. The quantitative estimate of drug-likeness (QED) is 0.442. The first-order valence-electron chi connectivity index (χ1n) is 11.3. The highest BCUT2D eigenvalue weighted by atomic mass is 16.6. The van der Waals surface area contributed by atoms with Gasteiger partial charge in [0.25, 0.3) is 11.8 Å². The second-order valence-electron chi connectivity index (χ2n) is 8.49. The average Bonchev–Trinajstić information content (AvgIpc) is 2.91. The molecule has 35 heavy (non-hydrogen) atoms. The molecule has 3 aromatic rings. The summed E-state index contributed by atoms with van der Waals surface area (Å²) in [7, 11) is 0. The van der Waals surface area contributed by atoms with E-state index in [1.54, 1.807) is 37.3 Å². The number of hydrogen-bond acceptors (Lipinski definition) is 5. The highest BCUT2D eigenvalue weighted by molar-refractivity contribution is 6.01. The Balaban J connectivity index is 1.35. The van der Waals surface area contributed by atoms with Crippen LogP contribution in [0.5, 0.6) is 0 Å². The van der Waals surface area contributed by atoms with Crippen molar-refractivity contribution < 1.29 is 23.9 Å². The summed E-state index contributed by atoms with van der Waals surface area (Å²) < 4.78 is 11.7. The van der Waals surface area contributed by atoms with E-state index >= 15 is 0 Å². The number of amides is 2. The van der Waals surface area contributed by atoms with Crippen LogP contribution in [0, 0.1) is 0 Å². The lowest BCUT2D eigenvalue weighted by atomic mass is 9.95. The summed E-state index contributed by atoms with van der Waals surface area (Å²) in [6, 6.07) is 25.7. The third kappa shape index (κ3) is 4.28. The van der Waals surface area contributed by atoms with Crippen molar-refractivity contribution in [3.63, 3.8) is 0 Å².